The van der Waals surface area contributed by atoms with Crippen molar-refractivity contribution in [2.24, 2.45) is 11.8 Å². The quantitative estimate of drug-likeness (QED) is 0.366. The summed E-state index contributed by atoms with van der Waals surface area (Å²) >= 11 is 3.14. The van der Waals surface area contributed by atoms with Gasteiger partial charge in [0.1, 0.15) is 5.76 Å². The molecule has 0 saturated carbocycles. The van der Waals surface area contributed by atoms with E-state index < -0.39 is 0 Å². The van der Waals surface area contributed by atoms with Crippen LogP contribution >= 0.6 is 23.1 Å². The maximum absolute atomic E-state index is 5.61. The lowest BCUT2D eigenvalue weighted by atomic mass is 9.92. The minimum atomic E-state index is 0.529. The Balaban J connectivity index is 1.37. The summed E-state index contributed by atoms with van der Waals surface area (Å²) in [7, 11) is 0. The van der Waals surface area contributed by atoms with E-state index in [4.69, 9.17) is 8.94 Å². The molecule has 31 heavy (non-hydrogen) atoms. The van der Waals surface area contributed by atoms with Crippen molar-refractivity contribution < 1.29 is 8.94 Å². The van der Waals surface area contributed by atoms with Crippen LogP contribution in [-0.2, 0) is 12.3 Å². The first-order valence-electron chi connectivity index (χ1n) is 10.4. The Morgan fingerprint density at radius 2 is 2.03 bits per heavy atom. The Kier molecular flexibility index (Phi) is 5.82. The molecule has 1 saturated heterocycles. The highest BCUT2D eigenvalue weighted by Crippen LogP contribution is 2.30. The summed E-state index contributed by atoms with van der Waals surface area (Å²) in [6.45, 7) is 7.15. The van der Waals surface area contributed by atoms with E-state index in [1.807, 2.05) is 29.6 Å². The molecule has 4 aromatic rings. The Labute approximate surface area is 188 Å². The second-order valence-corrected chi connectivity index (χ2v) is 9.97. The molecule has 2 atom stereocenters. The summed E-state index contributed by atoms with van der Waals surface area (Å²) in [6.07, 6.45) is 2.94. The zero-order valence-corrected chi connectivity index (χ0v) is 19.1. The minimum Gasteiger partial charge on any atom is -0.467 e. The molecule has 0 N–H and O–H groups in total. The monoisotopic (exact) mass is 456 g/mol. The SMILES string of the molecule is CC1CC(C)CN(c2nnc(SCc3nc(-c4cccs4)no3)n2Cc2ccco2)C1. The van der Waals surface area contributed by atoms with Crippen molar-refractivity contribution >= 4 is 29.0 Å². The van der Waals surface area contributed by atoms with Crippen molar-refractivity contribution in [2.45, 2.75) is 37.7 Å². The standard InChI is InChI=1S/C21H24N6O2S2/c1-14-9-15(2)11-26(10-14)20-23-24-21(27(20)12-16-5-3-7-28-16)31-13-18-22-19(25-29-18)17-6-4-8-30-17/h3-8,14-15H,9-13H2,1-2H3. The number of rotatable bonds is 7. The molecular weight excluding hydrogens is 432 g/mol. The fraction of sp³-hybridized carbons (Fsp3) is 0.429. The van der Waals surface area contributed by atoms with Gasteiger partial charge in [-0.1, -0.05) is 36.8 Å². The molecule has 5 rings (SSSR count). The van der Waals surface area contributed by atoms with Crippen LogP contribution in [0.2, 0.25) is 0 Å². The van der Waals surface area contributed by atoms with E-state index >= 15 is 0 Å². The van der Waals surface area contributed by atoms with Gasteiger partial charge in [-0.3, -0.25) is 4.57 Å². The number of anilines is 1. The highest BCUT2D eigenvalue weighted by molar-refractivity contribution is 7.98. The van der Waals surface area contributed by atoms with Gasteiger partial charge in [0.25, 0.3) is 0 Å². The number of hydrogen-bond donors (Lipinski definition) is 0. The first-order valence-corrected chi connectivity index (χ1v) is 12.2. The van der Waals surface area contributed by atoms with Crippen molar-refractivity contribution in [1.82, 2.24) is 24.9 Å². The van der Waals surface area contributed by atoms with Gasteiger partial charge in [0, 0.05) is 13.1 Å². The largest absolute Gasteiger partial charge is 0.467 e. The third-order valence-electron chi connectivity index (χ3n) is 5.28. The molecule has 0 aromatic carbocycles. The summed E-state index contributed by atoms with van der Waals surface area (Å²) in [5.74, 6) is 4.75. The normalized spacial score (nSPS) is 19.2. The molecule has 1 fully saturated rings. The van der Waals surface area contributed by atoms with Crippen molar-refractivity contribution in [3.8, 4) is 10.7 Å². The Bertz CT molecular complexity index is 1100. The second-order valence-electron chi connectivity index (χ2n) is 8.08. The minimum absolute atomic E-state index is 0.529. The zero-order chi connectivity index (χ0) is 21.2. The van der Waals surface area contributed by atoms with Crippen molar-refractivity contribution in [1.29, 1.82) is 0 Å². The van der Waals surface area contributed by atoms with Crippen molar-refractivity contribution in [3.63, 3.8) is 0 Å². The van der Waals surface area contributed by atoms with Crippen LogP contribution < -0.4 is 4.90 Å². The van der Waals surface area contributed by atoms with Crippen LogP contribution in [0.15, 0.2) is 50.0 Å². The van der Waals surface area contributed by atoms with Gasteiger partial charge in [-0.15, -0.1) is 21.5 Å². The van der Waals surface area contributed by atoms with Gasteiger partial charge in [0.05, 0.1) is 23.4 Å². The fourth-order valence-corrected chi connectivity index (χ4v) is 5.51. The lowest BCUT2D eigenvalue weighted by Gasteiger charge is -2.35. The number of aromatic nitrogens is 5. The molecule has 5 heterocycles. The lowest BCUT2D eigenvalue weighted by molar-refractivity contribution is 0.350. The smallest absolute Gasteiger partial charge is 0.237 e. The van der Waals surface area contributed by atoms with Crippen LogP contribution in [0.1, 0.15) is 31.9 Å². The van der Waals surface area contributed by atoms with Crippen LogP contribution in [0.4, 0.5) is 5.95 Å². The molecule has 4 aromatic heterocycles. The number of thiophene rings is 1. The molecule has 1 aliphatic heterocycles. The van der Waals surface area contributed by atoms with Crippen molar-refractivity contribution in [3.05, 3.63) is 47.6 Å². The highest BCUT2D eigenvalue weighted by Gasteiger charge is 2.27. The molecule has 0 radical (unpaired) electrons. The van der Waals surface area contributed by atoms with Gasteiger partial charge in [0.15, 0.2) is 5.16 Å². The van der Waals surface area contributed by atoms with E-state index in [1.54, 1.807) is 29.4 Å². The van der Waals surface area contributed by atoms with E-state index in [0.29, 0.717) is 35.8 Å². The molecule has 0 spiro atoms. The van der Waals surface area contributed by atoms with E-state index in [1.165, 1.54) is 6.42 Å². The molecule has 2 unspecified atom stereocenters. The fourth-order valence-electron chi connectivity index (χ4n) is 4.09. The summed E-state index contributed by atoms with van der Waals surface area (Å²) in [5.41, 5.74) is 0. The summed E-state index contributed by atoms with van der Waals surface area (Å²) < 4.78 is 13.2. The topological polar surface area (TPSA) is 86.0 Å². The number of furan rings is 1. The molecular formula is C21H24N6O2S2. The zero-order valence-electron chi connectivity index (χ0n) is 17.5. The second kappa shape index (κ2) is 8.88. The Hall–Kier alpha value is -2.59. The average molecular weight is 457 g/mol. The highest BCUT2D eigenvalue weighted by atomic mass is 32.2. The predicted molar refractivity (Wildman–Crippen MR) is 120 cm³/mol. The van der Waals surface area contributed by atoms with Crippen LogP contribution in [-0.4, -0.2) is 38.0 Å². The molecule has 8 nitrogen and oxygen atoms in total. The molecule has 162 valence electrons. The van der Waals surface area contributed by atoms with Crippen molar-refractivity contribution in [2.75, 3.05) is 18.0 Å². The third-order valence-corrected chi connectivity index (χ3v) is 7.09. The van der Waals surface area contributed by atoms with Crippen LogP contribution in [0.3, 0.4) is 0 Å². The van der Waals surface area contributed by atoms with E-state index in [-0.39, 0.29) is 0 Å². The summed E-state index contributed by atoms with van der Waals surface area (Å²) in [5, 5.41) is 16.0. The molecule has 1 aliphatic rings. The average Bonchev–Trinajstić information content (AvgIpc) is 3.53. The van der Waals surface area contributed by atoms with Crippen LogP contribution in [0, 0.1) is 11.8 Å². The number of piperidine rings is 1. The van der Waals surface area contributed by atoms with E-state index in [2.05, 4.69) is 43.7 Å². The lowest BCUT2D eigenvalue weighted by Crippen LogP contribution is -2.40. The number of thioether (sulfide) groups is 1. The first-order chi connectivity index (χ1) is 15.2. The molecule has 0 amide bonds. The van der Waals surface area contributed by atoms with Crippen LogP contribution in [0.5, 0.6) is 0 Å². The Morgan fingerprint density at radius 3 is 2.77 bits per heavy atom. The van der Waals surface area contributed by atoms with Gasteiger partial charge in [-0.05, 0) is 41.8 Å². The van der Waals surface area contributed by atoms with Crippen LogP contribution in [0.25, 0.3) is 10.7 Å². The molecule has 0 bridgehead atoms. The molecule has 10 heteroatoms. The maximum Gasteiger partial charge on any atom is 0.237 e. The van der Waals surface area contributed by atoms with Gasteiger partial charge >= 0.3 is 0 Å². The number of nitrogens with zero attached hydrogens (tertiary/aromatic N) is 6. The van der Waals surface area contributed by atoms with Gasteiger partial charge < -0.3 is 13.8 Å². The summed E-state index contributed by atoms with van der Waals surface area (Å²) in [4.78, 5) is 7.86. The predicted octanol–water partition coefficient (Wildman–Crippen LogP) is 4.81. The summed E-state index contributed by atoms with van der Waals surface area (Å²) in [6, 6.07) is 7.85. The number of hydrogen-bond acceptors (Lipinski definition) is 9. The Morgan fingerprint density at radius 1 is 1.16 bits per heavy atom. The molecule has 0 aliphatic carbocycles. The third kappa shape index (κ3) is 4.54. The van der Waals surface area contributed by atoms with Gasteiger partial charge in [-0.2, -0.15) is 4.98 Å². The van der Waals surface area contributed by atoms with Gasteiger partial charge in [0.2, 0.25) is 17.7 Å². The van der Waals surface area contributed by atoms with E-state index in [9.17, 15) is 0 Å². The van der Waals surface area contributed by atoms with E-state index in [0.717, 1.165) is 34.8 Å². The van der Waals surface area contributed by atoms with Gasteiger partial charge in [-0.25, -0.2) is 0 Å². The maximum atomic E-state index is 5.61. The first kappa shape index (κ1) is 20.3.